The molecule has 0 saturated carbocycles. The van der Waals surface area contributed by atoms with Crippen molar-refractivity contribution in [2.45, 2.75) is 6.18 Å². The molecule has 1 aromatic carbocycles. The molecule has 0 aliphatic rings. The van der Waals surface area contributed by atoms with Gasteiger partial charge in [0.25, 0.3) is 0 Å². The van der Waals surface area contributed by atoms with Crippen molar-refractivity contribution in [1.82, 2.24) is 0 Å². The Morgan fingerprint density at radius 2 is 1.95 bits per heavy atom. The van der Waals surface area contributed by atoms with Gasteiger partial charge in [0.15, 0.2) is 0 Å². The van der Waals surface area contributed by atoms with E-state index in [0.29, 0.717) is 6.07 Å². The number of carboxylic acids is 1. The Balaban J connectivity index is 3.04. The minimum Gasteiger partial charge on any atom is -0.477 e. The van der Waals surface area contributed by atoms with Gasteiger partial charge >= 0.3 is 18.1 Å². The van der Waals surface area contributed by atoms with Gasteiger partial charge < -0.3 is 10.4 Å². The molecule has 20 heavy (non-hydrogen) atoms. The first-order chi connectivity index (χ1) is 9.24. The molecule has 0 aliphatic heterocycles. The summed E-state index contributed by atoms with van der Waals surface area (Å²) < 4.78 is 48.8. The molecule has 2 N–H and O–H groups in total. The van der Waals surface area contributed by atoms with Gasteiger partial charge in [-0.25, -0.2) is 14.5 Å². The van der Waals surface area contributed by atoms with E-state index in [1.165, 1.54) is 0 Å². The lowest BCUT2D eigenvalue weighted by atomic mass is 10.2. The SMILES string of the molecule is O=C(C=C(Nc1cccc(C(F)(F)F)c1)C(=O)O)OF. The number of nitrogens with one attached hydrogen (secondary N) is 1. The van der Waals surface area contributed by atoms with Crippen LogP contribution in [0.3, 0.4) is 0 Å². The van der Waals surface area contributed by atoms with E-state index in [2.05, 4.69) is 10.3 Å². The van der Waals surface area contributed by atoms with Crippen LogP contribution in [0.25, 0.3) is 0 Å². The van der Waals surface area contributed by atoms with Gasteiger partial charge in [0, 0.05) is 10.2 Å². The standard InChI is InChI=1S/C11H7F4NO4/c12-11(13,14)6-2-1-3-7(4-6)16-8(10(18)19)5-9(17)20-15/h1-5,16H,(H,18,19). The van der Waals surface area contributed by atoms with Crippen LogP contribution in [0.1, 0.15) is 5.56 Å². The molecular weight excluding hydrogens is 286 g/mol. The van der Waals surface area contributed by atoms with Crippen LogP contribution in [0.5, 0.6) is 0 Å². The van der Waals surface area contributed by atoms with Crippen LogP contribution >= 0.6 is 0 Å². The molecule has 1 aromatic rings. The van der Waals surface area contributed by atoms with Gasteiger partial charge in [0.05, 0.1) is 11.6 Å². The fourth-order valence-corrected chi connectivity index (χ4v) is 1.22. The Morgan fingerprint density at radius 1 is 1.30 bits per heavy atom. The summed E-state index contributed by atoms with van der Waals surface area (Å²) in [6.45, 7) is 0. The zero-order valence-corrected chi connectivity index (χ0v) is 9.57. The van der Waals surface area contributed by atoms with Crippen LogP contribution in [0, 0.1) is 0 Å². The van der Waals surface area contributed by atoms with E-state index in [4.69, 9.17) is 5.11 Å². The fraction of sp³-hybridized carbons (Fsp3) is 0.0909. The third-order valence-corrected chi connectivity index (χ3v) is 2.04. The topological polar surface area (TPSA) is 75.6 Å². The fourth-order valence-electron chi connectivity index (χ4n) is 1.22. The smallest absolute Gasteiger partial charge is 0.416 e. The molecule has 0 unspecified atom stereocenters. The van der Waals surface area contributed by atoms with E-state index in [1.807, 2.05) is 0 Å². The Bertz CT molecular complexity index is 554. The molecule has 0 fully saturated rings. The van der Waals surface area contributed by atoms with Crippen molar-refractivity contribution in [1.29, 1.82) is 0 Å². The first-order valence-corrected chi connectivity index (χ1v) is 4.96. The molecule has 0 radical (unpaired) electrons. The van der Waals surface area contributed by atoms with Crippen molar-refractivity contribution in [3.63, 3.8) is 0 Å². The highest BCUT2D eigenvalue weighted by molar-refractivity contribution is 5.97. The predicted octanol–water partition coefficient (Wildman–Crippen LogP) is 2.51. The number of rotatable bonds is 4. The van der Waals surface area contributed by atoms with Crippen molar-refractivity contribution in [2.75, 3.05) is 5.32 Å². The lowest BCUT2D eigenvalue weighted by molar-refractivity contribution is -0.176. The molecule has 0 saturated heterocycles. The van der Waals surface area contributed by atoms with Gasteiger partial charge in [-0.1, -0.05) is 6.07 Å². The van der Waals surface area contributed by atoms with Crippen molar-refractivity contribution in [2.24, 2.45) is 0 Å². The number of carbonyl (C=O) groups is 2. The summed E-state index contributed by atoms with van der Waals surface area (Å²) in [5, 5.41) is 10.8. The van der Waals surface area contributed by atoms with Gasteiger partial charge in [0.1, 0.15) is 5.70 Å². The average molecular weight is 293 g/mol. The van der Waals surface area contributed by atoms with Crippen LogP contribution in [0.2, 0.25) is 0 Å². The van der Waals surface area contributed by atoms with Crippen LogP contribution in [-0.4, -0.2) is 17.0 Å². The van der Waals surface area contributed by atoms with Crippen molar-refractivity contribution >= 4 is 17.6 Å². The molecule has 5 nitrogen and oxygen atoms in total. The molecular formula is C11H7F4NO4. The van der Waals surface area contributed by atoms with Crippen molar-refractivity contribution in [3.05, 3.63) is 41.6 Å². The minimum atomic E-state index is -4.61. The maximum atomic E-state index is 12.4. The Morgan fingerprint density at radius 3 is 2.45 bits per heavy atom. The number of hydrogen-bond acceptors (Lipinski definition) is 4. The quantitative estimate of drug-likeness (QED) is 0.659. The first kappa shape index (κ1) is 15.5. The second-order valence-electron chi connectivity index (χ2n) is 3.46. The van der Waals surface area contributed by atoms with Crippen LogP contribution in [0.4, 0.5) is 23.4 Å². The lowest BCUT2D eigenvalue weighted by Crippen LogP contribution is -2.13. The number of benzene rings is 1. The highest BCUT2D eigenvalue weighted by Gasteiger charge is 2.30. The lowest BCUT2D eigenvalue weighted by Gasteiger charge is -2.10. The largest absolute Gasteiger partial charge is 0.477 e. The van der Waals surface area contributed by atoms with Gasteiger partial charge in [-0.15, -0.1) is 0 Å². The number of halogens is 4. The zero-order valence-electron chi connectivity index (χ0n) is 9.57. The summed E-state index contributed by atoms with van der Waals surface area (Å²) in [7, 11) is 0. The van der Waals surface area contributed by atoms with Crippen LogP contribution < -0.4 is 5.32 Å². The van der Waals surface area contributed by atoms with E-state index < -0.39 is 29.4 Å². The monoisotopic (exact) mass is 293 g/mol. The second kappa shape index (κ2) is 6.04. The Hall–Kier alpha value is -2.58. The Labute approximate surface area is 109 Å². The van der Waals surface area contributed by atoms with E-state index in [0.717, 1.165) is 18.2 Å². The minimum absolute atomic E-state index is 0.236. The molecule has 0 aromatic heterocycles. The Kier molecular flexibility index (Phi) is 4.68. The van der Waals surface area contributed by atoms with E-state index in [9.17, 15) is 27.3 Å². The molecule has 1 rings (SSSR count). The van der Waals surface area contributed by atoms with Gasteiger partial charge in [-0.3, -0.25) is 0 Å². The second-order valence-corrected chi connectivity index (χ2v) is 3.46. The molecule has 0 amide bonds. The number of hydrogen-bond donors (Lipinski definition) is 2. The predicted molar refractivity (Wildman–Crippen MR) is 58.0 cm³/mol. The zero-order chi connectivity index (χ0) is 15.3. The number of alkyl halides is 3. The normalized spacial score (nSPS) is 11.9. The highest BCUT2D eigenvalue weighted by Crippen LogP contribution is 2.30. The van der Waals surface area contributed by atoms with E-state index in [-0.39, 0.29) is 11.8 Å². The summed E-state index contributed by atoms with van der Waals surface area (Å²) in [5.74, 6) is -3.28. The number of aliphatic carboxylic acids is 1. The average Bonchev–Trinajstić information content (AvgIpc) is 2.37. The third kappa shape index (κ3) is 4.26. The highest BCUT2D eigenvalue weighted by atomic mass is 19.4. The first-order valence-electron chi connectivity index (χ1n) is 4.96. The molecule has 0 atom stereocenters. The molecule has 0 bridgehead atoms. The van der Waals surface area contributed by atoms with E-state index >= 15 is 0 Å². The van der Waals surface area contributed by atoms with Crippen molar-refractivity contribution < 1.29 is 37.3 Å². The molecule has 0 spiro atoms. The van der Waals surface area contributed by atoms with Crippen LogP contribution in [0.15, 0.2) is 36.0 Å². The van der Waals surface area contributed by atoms with Crippen LogP contribution in [-0.2, 0) is 20.7 Å². The van der Waals surface area contributed by atoms with Gasteiger partial charge in [-0.2, -0.15) is 13.2 Å². The van der Waals surface area contributed by atoms with Gasteiger partial charge in [-0.05, 0) is 18.2 Å². The summed E-state index contributed by atoms with van der Waals surface area (Å²) in [5.41, 5.74) is -2.09. The summed E-state index contributed by atoms with van der Waals surface area (Å²) in [6, 6.07) is 3.60. The molecule has 0 heterocycles. The molecule has 0 aliphatic carbocycles. The maximum Gasteiger partial charge on any atom is 0.416 e. The molecule has 108 valence electrons. The van der Waals surface area contributed by atoms with Crippen molar-refractivity contribution in [3.8, 4) is 0 Å². The number of carbonyl (C=O) groups excluding carboxylic acids is 1. The maximum absolute atomic E-state index is 12.4. The van der Waals surface area contributed by atoms with Gasteiger partial charge in [0.2, 0.25) is 0 Å². The summed E-state index contributed by atoms with van der Waals surface area (Å²) in [6.07, 6.45) is -4.36. The summed E-state index contributed by atoms with van der Waals surface area (Å²) in [4.78, 5) is 24.1. The third-order valence-electron chi connectivity index (χ3n) is 2.04. The number of anilines is 1. The number of carboxylic acid groups (broad SMARTS) is 1. The summed E-state index contributed by atoms with van der Waals surface area (Å²) >= 11 is 0. The molecule has 9 heteroatoms. The van der Waals surface area contributed by atoms with E-state index in [1.54, 1.807) is 0 Å².